The van der Waals surface area contributed by atoms with Crippen molar-refractivity contribution in [2.24, 2.45) is 0 Å². The smallest absolute Gasteiger partial charge is 0.331 e. The molecule has 0 aliphatic carbocycles. The number of ether oxygens (including phenoxy) is 3. The predicted molar refractivity (Wildman–Crippen MR) is 62.4 cm³/mol. The van der Waals surface area contributed by atoms with Crippen LogP contribution in [0.2, 0.25) is 0 Å². The molecule has 0 heterocycles. The third kappa shape index (κ3) is 5.56. The van der Waals surface area contributed by atoms with Gasteiger partial charge in [-0.2, -0.15) is 13.2 Å². The lowest BCUT2D eigenvalue weighted by Gasteiger charge is -2.32. The molecule has 7 heteroatoms. The van der Waals surface area contributed by atoms with Crippen LogP contribution in [0.5, 0.6) is 0 Å². The molecule has 0 spiro atoms. The first-order valence-corrected chi connectivity index (χ1v) is 5.63. The molecule has 0 aliphatic rings. The number of hydrogen-bond acceptors (Lipinski definition) is 3. The molecule has 0 aromatic rings. The summed E-state index contributed by atoms with van der Waals surface area (Å²) >= 11 is 5.38. The molecule has 0 saturated carbocycles. The van der Waals surface area contributed by atoms with Gasteiger partial charge >= 0.3 is 6.18 Å². The Bertz CT molecular complexity index is 284. The van der Waals surface area contributed by atoms with E-state index in [0.717, 1.165) is 0 Å². The van der Waals surface area contributed by atoms with Crippen LogP contribution in [0, 0.1) is 0 Å². The zero-order chi connectivity index (χ0) is 14.6. The number of allylic oxidation sites excluding steroid dienone is 1. The molecule has 0 amide bonds. The summed E-state index contributed by atoms with van der Waals surface area (Å²) in [7, 11) is 2.53. The summed E-state index contributed by atoms with van der Waals surface area (Å²) in [5.74, 6) is -1.59. The SMILES string of the molecule is COC(C)(OC)OC(C=C(C)C)C(Cl)C(F)(F)F. The lowest BCUT2D eigenvalue weighted by Crippen LogP contribution is -2.44. The van der Waals surface area contributed by atoms with Crippen LogP contribution in [0.3, 0.4) is 0 Å². The van der Waals surface area contributed by atoms with Gasteiger partial charge in [0.25, 0.3) is 5.97 Å². The lowest BCUT2D eigenvalue weighted by molar-refractivity contribution is -0.364. The van der Waals surface area contributed by atoms with Gasteiger partial charge < -0.3 is 14.2 Å². The van der Waals surface area contributed by atoms with E-state index in [9.17, 15) is 13.2 Å². The molecule has 2 atom stereocenters. The maximum absolute atomic E-state index is 12.6. The summed E-state index contributed by atoms with van der Waals surface area (Å²) in [5.41, 5.74) is 0.643. The molecule has 0 N–H and O–H groups in total. The molecule has 0 aliphatic heterocycles. The number of alkyl halides is 4. The highest BCUT2D eigenvalue weighted by atomic mass is 35.5. The molecule has 0 bridgehead atoms. The van der Waals surface area contributed by atoms with Crippen LogP contribution in [0.1, 0.15) is 20.8 Å². The lowest BCUT2D eigenvalue weighted by atomic mass is 10.1. The molecule has 0 fully saturated rings. The molecule has 108 valence electrons. The maximum Gasteiger partial charge on any atom is 0.407 e. The van der Waals surface area contributed by atoms with Crippen LogP contribution in [0.4, 0.5) is 13.2 Å². The fraction of sp³-hybridized carbons (Fsp3) is 0.818. The molecular formula is C11H18ClF3O3. The Hall–Kier alpha value is -0.300. The van der Waals surface area contributed by atoms with Gasteiger partial charge in [-0.1, -0.05) is 11.6 Å². The van der Waals surface area contributed by atoms with Crippen molar-refractivity contribution in [3.63, 3.8) is 0 Å². The molecule has 0 radical (unpaired) electrons. The molecule has 0 aromatic heterocycles. The average molecular weight is 291 g/mol. The van der Waals surface area contributed by atoms with Crippen molar-refractivity contribution in [2.75, 3.05) is 14.2 Å². The van der Waals surface area contributed by atoms with Gasteiger partial charge in [0.1, 0.15) is 6.10 Å². The van der Waals surface area contributed by atoms with Gasteiger partial charge in [-0.3, -0.25) is 0 Å². The van der Waals surface area contributed by atoms with E-state index in [4.69, 9.17) is 25.8 Å². The third-order valence-corrected chi connectivity index (χ3v) is 2.69. The van der Waals surface area contributed by atoms with E-state index in [1.165, 1.54) is 27.2 Å². The summed E-state index contributed by atoms with van der Waals surface area (Å²) in [5, 5.41) is -2.18. The van der Waals surface area contributed by atoms with Gasteiger partial charge in [0, 0.05) is 21.1 Å². The average Bonchev–Trinajstić information content (AvgIpc) is 2.25. The van der Waals surface area contributed by atoms with E-state index in [2.05, 4.69) is 0 Å². The van der Waals surface area contributed by atoms with Crippen molar-refractivity contribution in [3.05, 3.63) is 11.6 Å². The fourth-order valence-corrected chi connectivity index (χ4v) is 1.24. The zero-order valence-electron chi connectivity index (χ0n) is 11.0. The Labute approximate surface area is 110 Å². The van der Waals surface area contributed by atoms with E-state index in [-0.39, 0.29) is 0 Å². The molecule has 18 heavy (non-hydrogen) atoms. The second-order valence-corrected chi connectivity index (χ2v) is 4.51. The minimum absolute atomic E-state index is 0.643. The van der Waals surface area contributed by atoms with Crippen LogP contribution in [-0.2, 0) is 14.2 Å². The van der Waals surface area contributed by atoms with Crippen molar-refractivity contribution in [3.8, 4) is 0 Å². The van der Waals surface area contributed by atoms with E-state index in [0.29, 0.717) is 5.57 Å². The largest absolute Gasteiger partial charge is 0.407 e. The minimum Gasteiger partial charge on any atom is -0.331 e. The minimum atomic E-state index is -4.58. The molecule has 2 unspecified atom stereocenters. The summed E-state index contributed by atoms with van der Waals surface area (Å²) < 4.78 is 52.7. The van der Waals surface area contributed by atoms with Crippen molar-refractivity contribution >= 4 is 11.6 Å². The fourth-order valence-electron chi connectivity index (χ4n) is 1.12. The monoisotopic (exact) mass is 290 g/mol. The highest BCUT2D eigenvalue weighted by molar-refractivity contribution is 6.21. The first kappa shape index (κ1) is 17.7. The zero-order valence-corrected chi connectivity index (χ0v) is 11.7. The Morgan fingerprint density at radius 2 is 1.61 bits per heavy atom. The summed E-state index contributed by atoms with van der Waals surface area (Å²) in [6, 6.07) is 0. The molecule has 0 aromatic carbocycles. The van der Waals surface area contributed by atoms with Crippen molar-refractivity contribution in [1.29, 1.82) is 0 Å². The van der Waals surface area contributed by atoms with Gasteiger partial charge in [-0.05, 0) is 13.8 Å². The highest BCUT2D eigenvalue weighted by Crippen LogP contribution is 2.32. The molecule has 3 nitrogen and oxygen atoms in total. The number of hydrogen-bond donors (Lipinski definition) is 0. The van der Waals surface area contributed by atoms with Gasteiger partial charge in [0.05, 0.1) is 0 Å². The van der Waals surface area contributed by atoms with Crippen molar-refractivity contribution in [2.45, 2.75) is 44.4 Å². The van der Waals surface area contributed by atoms with E-state index >= 15 is 0 Å². The molecule has 0 rings (SSSR count). The standard InChI is InChI=1S/C11H18ClF3O3/c1-7(2)6-8(9(12)11(13,14)15)18-10(3,16-4)17-5/h6,8-9H,1-5H3. The Morgan fingerprint density at radius 3 is 1.89 bits per heavy atom. The van der Waals surface area contributed by atoms with E-state index in [1.54, 1.807) is 13.8 Å². The Balaban J connectivity index is 5.09. The molecular weight excluding hydrogens is 273 g/mol. The van der Waals surface area contributed by atoms with Crippen LogP contribution in [0.15, 0.2) is 11.6 Å². The summed E-state index contributed by atoms with van der Waals surface area (Å²) in [6.07, 6.45) is -4.70. The first-order valence-electron chi connectivity index (χ1n) is 5.19. The van der Waals surface area contributed by atoms with E-state index < -0.39 is 23.6 Å². The van der Waals surface area contributed by atoms with Gasteiger partial charge in [-0.15, -0.1) is 11.6 Å². The topological polar surface area (TPSA) is 27.7 Å². The van der Waals surface area contributed by atoms with E-state index in [1.807, 2.05) is 0 Å². The van der Waals surface area contributed by atoms with Crippen LogP contribution in [-0.4, -0.2) is 37.9 Å². The second-order valence-electron chi connectivity index (χ2n) is 4.04. The maximum atomic E-state index is 12.6. The van der Waals surface area contributed by atoms with Gasteiger partial charge in [0.2, 0.25) is 0 Å². The third-order valence-electron chi connectivity index (χ3n) is 2.19. The van der Waals surface area contributed by atoms with Crippen molar-refractivity contribution in [1.82, 2.24) is 0 Å². The normalized spacial score (nSPS) is 16.3. The Kier molecular flexibility index (Phi) is 6.63. The Morgan fingerprint density at radius 1 is 1.17 bits per heavy atom. The van der Waals surface area contributed by atoms with Crippen LogP contribution >= 0.6 is 11.6 Å². The number of methoxy groups -OCH3 is 2. The first-order chi connectivity index (χ1) is 8.05. The van der Waals surface area contributed by atoms with Crippen LogP contribution in [0.25, 0.3) is 0 Å². The quantitative estimate of drug-likeness (QED) is 0.426. The summed E-state index contributed by atoms with van der Waals surface area (Å²) in [4.78, 5) is 0. The number of rotatable bonds is 6. The second kappa shape index (κ2) is 6.75. The predicted octanol–water partition coefficient (Wildman–Crippen LogP) is 3.47. The van der Waals surface area contributed by atoms with Gasteiger partial charge in [-0.25, -0.2) is 0 Å². The van der Waals surface area contributed by atoms with Gasteiger partial charge in [0.15, 0.2) is 5.38 Å². The van der Waals surface area contributed by atoms with Crippen molar-refractivity contribution < 1.29 is 27.4 Å². The highest BCUT2D eigenvalue weighted by Gasteiger charge is 2.45. The summed E-state index contributed by atoms with van der Waals surface area (Å²) in [6.45, 7) is 4.65. The van der Waals surface area contributed by atoms with Crippen LogP contribution < -0.4 is 0 Å². The number of halogens is 4. The molecule has 0 saturated heterocycles.